The Balaban J connectivity index is 1.91. The van der Waals surface area contributed by atoms with E-state index in [9.17, 15) is 9.18 Å². The molecule has 1 aromatic rings. The van der Waals surface area contributed by atoms with Crippen LogP contribution >= 0.6 is 15.9 Å². The number of rotatable bonds is 4. The summed E-state index contributed by atoms with van der Waals surface area (Å²) in [5.41, 5.74) is 0.0818. The van der Waals surface area contributed by atoms with Crippen LogP contribution in [0.5, 0.6) is 0 Å². The number of carbonyl (C=O) groups is 1. The molecule has 0 aliphatic carbocycles. The molecule has 5 heteroatoms. The maximum atomic E-state index is 13.7. The number of carbonyl (C=O) groups excluding carboxylic acids is 1. The van der Waals surface area contributed by atoms with E-state index in [1.165, 1.54) is 25.3 Å². The molecule has 1 fully saturated rings. The number of nitrogens with zero attached hydrogens (tertiary/aromatic N) is 1. The highest BCUT2D eigenvalue weighted by Crippen LogP contribution is 2.19. The second kappa shape index (κ2) is 7.18. The number of hydrogen-bond acceptors (Lipinski definition) is 2. The topological polar surface area (TPSA) is 32.3 Å². The summed E-state index contributed by atoms with van der Waals surface area (Å²) < 4.78 is 14.2. The highest BCUT2D eigenvalue weighted by atomic mass is 79.9. The van der Waals surface area contributed by atoms with Gasteiger partial charge in [-0.2, -0.15) is 0 Å². The van der Waals surface area contributed by atoms with Crippen LogP contribution < -0.4 is 5.32 Å². The van der Waals surface area contributed by atoms with Crippen LogP contribution in [0, 0.1) is 5.82 Å². The van der Waals surface area contributed by atoms with Gasteiger partial charge in [0.2, 0.25) is 0 Å². The molecule has 0 bridgehead atoms. The number of amides is 1. The molecular weight excluding hydrogens is 323 g/mol. The maximum absolute atomic E-state index is 13.7. The molecule has 20 heavy (non-hydrogen) atoms. The fourth-order valence-corrected chi connectivity index (χ4v) is 3.05. The lowest BCUT2D eigenvalue weighted by molar-refractivity contribution is 0.0925. The predicted octanol–water partition coefficient (Wildman–Crippen LogP) is 3.19. The molecule has 110 valence electrons. The highest BCUT2D eigenvalue weighted by molar-refractivity contribution is 9.10. The normalized spacial score (nSPS) is 17.8. The van der Waals surface area contributed by atoms with Crippen molar-refractivity contribution in [2.24, 2.45) is 0 Å². The summed E-state index contributed by atoms with van der Waals surface area (Å²) in [6.07, 6.45) is 3.73. The van der Waals surface area contributed by atoms with Crippen LogP contribution in [0.15, 0.2) is 22.7 Å². The van der Waals surface area contributed by atoms with Crippen molar-refractivity contribution in [3.8, 4) is 0 Å². The van der Waals surface area contributed by atoms with E-state index in [-0.39, 0.29) is 17.5 Å². The van der Waals surface area contributed by atoms with E-state index in [2.05, 4.69) is 33.1 Å². The van der Waals surface area contributed by atoms with E-state index >= 15 is 0 Å². The number of benzene rings is 1. The number of piperidine rings is 1. The molecule has 0 spiro atoms. The first-order valence-corrected chi connectivity index (χ1v) is 7.85. The van der Waals surface area contributed by atoms with E-state index in [0.717, 1.165) is 13.1 Å². The lowest BCUT2D eigenvalue weighted by Gasteiger charge is -2.32. The first-order valence-electron chi connectivity index (χ1n) is 7.06. The van der Waals surface area contributed by atoms with Gasteiger partial charge in [-0.05, 0) is 60.9 Å². The zero-order valence-corrected chi connectivity index (χ0v) is 13.2. The molecule has 1 aromatic carbocycles. The Hall–Kier alpha value is -0.940. The largest absolute Gasteiger partial charge is 0.350 e. The Morgan fingerprint density at radius 2 is 2.10 bits per heavy atom. The molecular formula is C15H20BrFN2O. The minimum absolute atomic E-state index is 0.0818. The van der Waals surface area contributed by atoms with E-state index < -0.39 is 5.82 Å². The van der Waals surface area contributed by atoms with Crippen LogP contribution in [0.25, 0.3) is 0 Å². The average molecular weight is 343 g/mol. The van der Waals surface area contributed by atoms with Crippen molar-refractivity contribution in [1.29, 1.82) is 0 Å². The SMILES string of the molecule is CC(CNC(=O)c1c(F)cccc1Br)N1CCCCC1. The predicted molar refractivity (Wildman–Crippen MR) is 81.3 cm³/mol. The van der Waals surface area contributed by atoms with Gasteiger partial charge >= 0.3 is 0 Å². The summed E-state index contributed by atoms with van der Waals surface area (Å²) in [6.45, 7) is 4.81. The van der Waals surface area contributed by atoms with Crippen molar-refractivity contribution in [3.63, 3.8) is 0 Å². The Morgan fingerprint density at radius 1 is 1.40 bits per heavy atom. The van der Waals surface area contributed by atoms with Crippen LogP contribution in [-0.2, 0) is 0 Å². The van der Waals surface area contributed by atoms with Gasteiger partial charge in [-0.3, -0.25) is 9.69 Å². The summed E-state index contributed by atoms with van der Waals surface area (Å²) in [6, 6.07) is 4.83. The molecule has 1 amide bonds. The second-order valence-electron chi connectivity index (χ2n) is 5.25. The molecule has 3 nitrogen and oxygen atoms in total. The molecule has 1 atom stereocenters. The molecule has 1 heterocycles. The number of hydrogen-bond donors (Lipinski definition) is 1. The number of nitrogens with one attached hydrogen (secondary N) is 1. The smallest absolute Gasteiger partial charge is 0.255 e. The van der Waals surface area contributed by atoms with Crippen LogP contribution in [0.1, 0.15) is 36.5 Å². The minimum Gasteiger partial charge on any atom is -0.350 e. The van der Waals surface area contributed by atoms with Gasteiger partial charge in [0.25, 0.3) is 5.91 Å². The summed E-state index contributed by atoms with van der Waals surface area (Å²) in [4.78, 5) is 14.4. The Morgan fingerprint density at radius 3 is 2.75 bits per heavy atom. The number of likely N-dealkylation sites (tertiary alicyclic amines) is 1. The summed E-state index contributed by atoms with van der Waals surface area (Å²) >= 11 is 3.22. The summed E-state index contributed by atoms with van der Waals surface area (Å²) in [5, 5.41) is 2.83. The van der Waals surface area contributed by atoms with Crippen molar-refractivity contribution in [2.45, 2.75) is 32.2 Å². The molecule has 1 aliphatic rings. The first kappa shape index (κ1) is 15.4. The summed E-state index contributed by atoms with van der Waals surface area (Å²) in [7, 11) is 0. The van der Waals surface area contributed by atoms with Crippen molar-refractivity contribution in [3.05, 3.63) is 34.1 Å². The minimum atomic E-state index is -0.498. The zero-order chi connectivity index (χ0) is 14.5. The van der Waals surface area contributed by atoms with Gasteiger partial charge in [-0.1, -0.05) is 12.5 Å². The monoisotopic (exact) mass is 342 g/mol. The summed E-state index contributed by atoms with van der Waals surface area (Å²) in [5.74, 6) is -0.860. The highest BCUT2D eigenvalue weighted by Gasteiger charge is 2.19. The fourth-order valence-electron chi connectivity index (χ4n) is 2.53. The number of halogens is 2. The quantitative estimate of drug-likeness (QED) is 0.911. The molecule has 0 radical (unpaired) electrons. The first-order chi connectivity index (χ1) is 9.59. The van der Waals surface area contributed by atoms with Gasteiger partial charge in [0.1, 0.15) is 5.82 Å². The van der Waals surface area contributed by atoms with Gasteiger partial charge < -0.3 is 5.32 Å². The van der Waals surface area contributed by atoms with E-state index in [4.69, 9.17) is 0 Å². The standard InChI is InChI=1S/C15H20BrFN2O/c1-11(19-8-3-2-4-9-19)10-18-15(20)14-12(16)6-5-7-13(14)17/h5-7,11H,2-4,8-10H2,1H3,(H,18,20). The molecule has 1 unspecified atom stereocenters. The Labute approximate surface area is 127 Å². The third-order valence-corrected chi connectivity index (χ3v) is 4.42. The van der Waals surface area contributed by atoms with Crippen LogP contribution in [0.4, 0.5) is 4.39 Å². The van der Waals surface area contributed by atoms with E-state index in [1.54, 1.807) is 12.1 Å². The third-order valence-electron chi connectivity index (χ3n) is 3.76. The maximum Gasteiger partial charge on any atom is 0.255 e. The van der Waals surface area contributed by atoms with Gasteiger partial charge in [0, 0.05) is 17.1 Å². The molecule has 0 aromatic heterocycles. The van der Waals surface area contributed by atoms with Gasteiger partial charge in [0.15, 0.2) is 0 Å². The van der Waals surface area contributed by atoms with Crippen LogP contribution in [0.2, 0.25) is 0 Å². The average Bonchev–Trinajstić information content (AvgIpc) is 2.45. The van der Waals surface area contributed by atoms with Crippen molar-refractivity contribution < 1.29 is 9.18 Å². The van der Waals surface area contributed by atoms with Crippen LogP contribution in [0.3, 0.4) is 0 Å². The fraction of sp³-hybridized carbons (Fsp3) is 0.533. The third kappa shape index (κ3) is 3.79. The molecule has 2 rings (SSSR count). The molecule has 1 N–H and O–H groups in total. The van der Waals surface area contributed by atoms with Gasteiger partial charge in [-0.25, -0.2) is 4.39 Å². The van der Waals surface area contributed by atoms with Crippen LogP contribution in [-0.4, -0.2) is 36.5 Å². The van der Waals surface area contributed by atoms with Crippen molar-refractivity contribution >= 4 is 21.8 Å². The lowest BCUT2D eigenvalue weighted by atomic mass is 10.1. The molecule has 1 aliphatic heterocycles. The van der Waals surface area contributed by atoms with E-state index in [1.807, 2.05) is 0 Å². The Bertz CT molecular complexity index is 455. The molecule has 1 saturated heterocycles. The Kier molecular flexibility index (Phi) is 5.54. The lowest BCUT2D eigenvalue weighted by Crippen LogP contribution is -2.44. The zero-order valence-electron chi connectivity index (χ0n) is 11.7. The van der Waals surface area contributed by atoms with Gasteiger partial charge in [-0.15, -0.1) is 0 Å². The van der Waals surface area contributed by atoms with Crippen molar-refractivity contribution in [1.82, 2.24) is 10.2 Å². The second-order valence-corrected chi connectivity index (χ2v) is 6.11. The van der Waals surface area contributed by atoms with Gasteiger partial charge in [0.05, 0.1) is 5.56 Å². The molecule has 0 saturated carbocycles. The van der Waals surface area contributed by atoms with Crippen molar-refractivity contribution in [2.75, 3.05) is 19.6 Å². The van der Waals surface area contributed by atoms with E-state index in [0.29, 0.717) is 11.0 Å².